The molecule has 0 radical (unpaired) electrons. The van der Waals surface area contributed by atoms with Gasteiger partial charge in [0.15, 0.2) is 0 Å². The third-order valence-electron chi connectivity index (χ3n) is 6.88. The zero-order valence-electron chi connectivity index (χ0n) is 26.3. The Morgan fingerprint density at radius 3 is 2.27 bits per heavy atom. The Balaban J connectivity index is 0.000000440. The number of aromatic amines is 1. The number of amides is 1. The first-order valence-electron chi connectivity index (χ1n) is 15.0. The number of nitrogens with one attached hydrogen (secondary N) is 1. The Hall–Kier alpha value is -3.21. The van der Waals surface area contributed by atoms with E-state index in [4.69, 9.17) is 4.79 Å². The van der Waals surface area contributed by atoms with Gasteiger partial charge in [-0.15, -0.1) is 0 Å². The van der Waals surface area contributed by atoms with E-state index in [0.717, 1.165) is 32.2 Å². The van der Waals surface area contributed by atoms with Crippen molar-refractivity contribution in [2.75, 3.05) is 13.1 Å². The van der Waals surface area contributed by atoms with E-state index in [1.165, 1.54) is 71.1 Å². The van der Waals surface area contributed by atoms with E-state index in [-0.39, 0.29) is 5.91 Å². The Morgan fingerprint density at radius 1 is 1.20 bits per heavy atom. The molecule has 1 unspecified atom stereocenters. The van der Waals surface area contributed by atoms with Crippen LogP contribution in [0.2, 0.25) is 0 Å². The van der Waals surface area contributed by atoms with Gasteiger partial charge in [-0.25, -0.2) is 0 Å². The average molecular weight is 548 g/mol. The second-order valence-electron chi connectivity index (χ2n) is 10.9. The minimum Gasteiger partial charge on any atom is -0.358 e. The molecule has 1 aromatic carbocycles. The molecule has 2 aliphatic rings. The number of benzene rings is 1. The molecule has 0 bridgehead atoms. The highest BCUT2D eigenvalue weighted by Gasteiger charge is 2.29. The number of fused-ring (bicyclic) bond motifs is 1. The number of likely N-dealkylation sites (tertiary alicyclic amines) is 1. The molecule has 1 saturated heterocycles. The van der Waals surface area contributed by atoms with Gasteiger partial charge in [-0.1, -0.05) is 67.2 Å². The summed E-state index contributed by atoms with van der Waals surface area (Å²) in [7, 11) is 0. The second kappa shape index (κ2) is 18.2. The van der Waals surface area contributed by atoms with E-state index >= 15 is 0 Å². The van der Waals surface area contributed by atoms with Gasteiger partial charge in [0, 0.05) is 53.2 Å². The number of aryl methyl sites for hydroxylation is 2. The number of aromatic nitrogens is 1. The van der Waals surface area contributed by atoms with Gasteiger partial charge < -0.3 is 14.7 Å². The van der Waals surface area contributed by atoms with Crippen molar-refractivity contribution in [3.8, 4) is 0 Å². The lowest BCUT2D eigenvalue weighted by Gasteiger charge is -2.36. The van der Waals surface area contributed by atoms with E-state index in [1.54, 1.807) is 4.90 Å². The molecule has 1 atom stereocenters. The summed E-state index contributed by atoms with van der Waals surface area (Å²) in [5, 5.41) is 1.30. The summed E-state index contributed by atoms with van der Waals surface area (Å²) in [5.41, 5.74) is 7.50. The highest BCUT2D eigenvalue weighted by Crippen LogP contribution is 2.44. The fourth-order valence-electron chi connectivity index (χ4n) is 4.28. The molecule has 5 heteroatoms. The largest absolute Gasteiger partial charge is 0.358 e. The normalized spacial score (nSPS) is 15.5. The van der Waals surface area contributed by atoms with E-state index in [9.17, 15) is 4.79 Å². The third kappa shape index (κ3) is 10.7. The van der Waals surface area contributed by atoms with Gasteiger partial charge in [-0.05, 0) is 86.6 Å². The van der Waals surface area contributed by atoms with Crippen LogP contribution in [0.15, 0.2) is 54.2 Å². The maximum Gasteiger partial charge on any atom is 0.245 e. The fraction of sp³-hybridized carbons (Fsp3) is 0.514. The van der Waals surface area contributed by atoms with Gasteiger partial charge in [0.25, 0.3) is 0 Å². The van der Waals surface area contributed by atoms with Gasteiger partial charge in [-0.3, -0.25) is 9.79 Å². The van der Waals surface area contributed by atoms with Gasteiger partial charge in [0.1, 0.15) is 6.29 Å². The summed E-state index contributed by atoms with van der Waals surface area (Å²) in [6, 6.07) is 6.73. The van der Waals surface area contributed by atoms with Gasteiger partial charge >= 0.3 is 0 Å². The van der Waals surface area contributed by atoms with Crippen molar-refractivity contribution in [2.45, 2.75) is 87.5 Å². The van der Waals surface area contributed by atoms with Crippen LogP contribution >= 0.6 is 0 Å². The summed E-state index contributed by atoms with van der Waals surface area (Å²) in [6.07, 6.45) is 12.1. The van der Waals surface area contributed by atoms with Crippen molar-refractivity contribution >= 4 is 34.9 Å². The lowest BCUT2D eigenvalue weighted by molar-refractivity contribution is -0.131. The van der Waals surface area contributed by atoms with Crippen LogP contribution in [0.5, 0.6) is 0 Å². The highest BCUT2D eigenvalue weighted by molar-refractivity contribution is 5.98. The number of H-pyrrole nitrogens is 1. The molecule has 4 rings (SSSR count). The number of aliphatic imine (C=N–C) groups is 1. The molecule has 5 nitrogen and oxygen atoms in total. The lowest BCUT2D eigenvalue weighted by atomic mass is 9.93. The molecule has 2 aromatic rings. The van der Waals surface area contributed by atoms with Gasteiger partial charge in [-0.2, -0.15) is 0 Å². The van der Waals surface area contributed by atoms with E-state index in [2.05, 4.69) is 96.0 Å². The topological polar surface area (TPSA) is 65.5 Å². The molecular formula is C35H53N3O2. The number of hydrogen-bond acceptors (Lipinski definition) is 3. The quantitative estimate of drug-likeness (QED) is 0.155. The fourth-order valence-corrected chi connectivity index (χ4v) is 4.28. The van der Waals surface area contributed by atoms with E-state index in [1.807, 2.05) is 6.20 Å². The smallest absolute Gasteiger partial charge is 0.245 e. The van der Waals surface area contributed by atoms with E-state index < -0.39 is 0 Å². The maximum atomic E-state index is 10.7. The SMILES string of the molecule is C=C(/C(=C\N=CC(C)CC)c1c(C)[nH]c2ccc(CC)cc12)C1CC1.C=CC(=O)N1CC(C)C1.CC=O.CCC. The number of rotatable bonds is 8. The van der Waals surface area contributed by atoms with Crippen molar-refractivity contribution in [3.05, 3.63) is 66.0 Å². The highest BCUT2D eigenvalue weighted by atomic mass is 16.2. The molecule has 1 N–H and O–H groups in total. The van der Waals surface area contributed by atoms with Crippen LogP contribution in [0.25, 0.3) is 16.5 Å². The predicted octanol–water partition coefficient (Wildman–Crippen LogP) is 8.73. The van der Waals surface area contributed by atoms with Crippen molar-refractivity contribution in [2.24, 2.45) is 22.7 Å². The van der Waals surface area contributed by atoms with Crippen LogP contribution < -0.4 is 0 Å². The van der Waals surface area contributed by atoms with Crippen molar-refractivity contribution in [1.82, 2.24) is 9.88 Å². The Morgan fingerprint density at radius 2 is 1.80 bits per heavy atom. The predicted molar refractivity (Wildman–Crippen MR) is 174 cm³/mol. The molecular weight excluding hydrogens is 494 g/mol. The van der Waals surface area contributed by atoms with Crippen LogP contribution in [0.4, 0.5) is 0 Å². The summed E-state index contributed by atoms with van der Waals surface area (Å²) in [5.74, 6) is 1.88. The molecule has 1 aromatic heterocycles. The van der Waals surface area contributed by atoms with Crippen LogP contribution in [0.3, 0.4) is 0 Å². The number of nitrogens with zero attached hydrogens (tertiary/aromatic N) is 2. The molecule has 1 saturated carbocycles. The minimum absolute atomic E-state index is 0.0631. The summed E-state index contributed by atoms with van der Waals surface area (Å²) in [4.78, 5) is 29.6. The summed E-state index contributed by atoms with van der Waals surface area (Å²) in [6.45, 7) is 26.2. The summed E-state index contributed by atoms with van der Waals surface area (Å²) < 4.78 is 0. The van der Waals surface area contributed by atoms with Crippen molar-refractivity contribution in [1.29, 1.82) is 0 Å². The first-order valence-corrected chi connectivity index (χ1v) is 15.0. The zero-order chi connectivity index (χ0) is 30.2. The maximum absolute atomic E-state index is 10.7. The molecule has 0 spiro atoms. The van der Waals surface area contributed by atoms with Gasteiger partial charge in [0.05, 0.1) is 0 Å². The van der Waals surface area contributed by atoms with Crippen LogP contribution in [0.1, 0.15) is 91.0 Å². The lowest BCUT2D eigenvalue weighted by Crippen LogP contribution is -2.47. The molecule has 2 heterocycles. The molecule has 1 aliphatic carbocycles. The number of carbonyl (C=O) groups excluding carboxylic acids is 2. The van der Waals surface area contributed by atoms with Crippen molar-refractivity contribution < 1.29 is 9.59 Å². The van der Waals surface area contributed by atoms with Crippen molar-refractivity contribution in [3.63, 3.8) is 0 Å². The first-order chi connectivity index (χ1) is 19.1. The third-order valence-corrected chi connectivity index (χ3v) is 6.88. The number of allylic oxidation sites excluding steroid dienone is 2. The number of carbonyl (C=O) groups is 2. The van der Waals surface area contributed by atoms with Crippen LogP contribution in [-0.4, -0.2) is 41.4 Å². The zero-order valence-corrected chi connectivity index (χ0v) is 26.3. The molecule has 1 amide bonds. The Bertz CT molecular complexity index is 1160. The molecule has 1 aliphatic heterocycles. The van der Waals surface area contributed by atoms with Crippen LogP contribution in [0, 0.1) is 24.7 Å². The molecule has 2 fully saturated rings. The monoisotopic (exact) mass is 547 g/mol. The summed E-state index contributed by atoms with van der Waals surface area (Å²) >= 11 is 0. The second-order valence-corrected chi connectivity index (χ2v) is 10.9. The average Bonchev–Trinajstić information content (AvgIpc) is 3.72. The Kier molecular flexibility index (Phi) is 15.8. The Labute approximate surface area is 243 Å². The molecule has 40 heavy (non-hydrogen) atoms. The van der Waals surface area contributed by atoms with Crippen LogP contribution in [-0.2, 0) is 16.0 Å². The van der Waals surface area contributed by atoms with E-state index in [0.29, 0.717) is 17.8 Å². The first kappa shape index (κ1) is 34.8. The standard InChI is InChI=1S/C23H30N2.C7H11NO.C3H8.C2H4O/c1-6-15(3)13-24-14-21(16(4)19-9-10-19)23-17(5)25-22-11-8-18(7-2)12-20(22)23;1-3-7(9)8-4-6(2)5-8;1-3-2;1-2-3/h8,11-15,19,25H,4,6-7,9-10H2,1-3,5H3;3,6H,1,4-5H2,2H3;3H2,1-2H3;2H,1H3/b21-14+,24-13?;;;. The number of hydrogen-bond donors (Lipinski definition) is 1. The molecule has 220 valence electrons. The van der Waals surface area contributed by atoms with Gasteiger partial charge in [0.2, 0.25) is 5.91 Å². The number of aldehydes is 1. The minimum atomic E-state index is 0.0631.